The van der Waals surface area contributed by atoms with Crippen molar-refractivity contribution in [2.24, 2.45) is 5.92 Å². The first-order valence-corrected chi connectivity index (χ1v) is 14.4. The molecule has 11 heteroatoms. The van der Waals surface area contributed by atoms with Gasteiger partial charge in [-0.15, -0.1) is 11.3 Å². The van der Waals surface area contributed by atoms with E-state index in [0.29, 0.717) is 35.0 Å². The van der Waals surface area contributed by atoms with Gasteiger partial charge in [0.15, 0.2) is 5.01 Å². The molecule has 3 atom stereocenters. The Kier molecular flexibility index (Phi) is 6.88. The molecule has 4 N–H and O–H groups in total. The van der Waals surface area contributed by atoms with Crippen LogP contribution in [0.3, 0.4) is 0 Å². The number of H-pyrrole nitrogens is 1. The highest BCUT2D eigenvalue weighted by Gasteiger charge is 2.38. The standard InChI is InChI=1S/C27H31ClN6O3S/c1-34-9-8-20-23(13-34)38-27(33-20)26(37)32-21-11-14(24(35)29-17-4-5-17)2-6-19(21)31-25(36)22-12-15-10-16(28)3-7-18(15)30-22/h3,7,10,12,14,17,19,21,30H,2,4-6,8-9,11,13H2,1H3,(H,29,35)(H,31,36)(H,32,37)/t14-,19-,21+/m0/s1. The van der Waals surface area contributed by atoms with Crippen molar-refractivity contribution in [2.45, 2.75) is 63.2 Å². The Bertz CT molecular complexity index is 1400. The summed E-state index contributed by atoms with van der Waals surface area (Å²) in [7, 11) is 2.06. The van der Waals surface area contributed by atoms with Crippen molar-refractivity contribution < 1.29 is 14.4 Å². The van der Waals surface area contributed by atoms with Crippen molar-refractivity contribution in [1.29, 1.82) is 0 Å². The van der Waals surface area contributed by atoms with Crippen LogP contribution in [0.4, 0.5) is 0 Å². The maximum Gasteiger partial charge on any atom is 0.280 e. The lowest BCUT2D eigenvalue weighted by Crippen LogP contribution is -2.56. The molecular formula is C27H31ClN6O3S. The normalized spacial score (nSPS) is 23.6. The zero-order valence-corrected chi connectivity index (χ0v) is 22.8. The van der Waals surface area contributed by atoms with Crippen LogP contribution in [0.15, 0.2) is 24.3 Å². The largest absolute Gasteiger partial charge is 0.353 e. The molecule has 3 aromatic rings. The van der Waals surface area contributed by atoms with E-state index in [1.54, 1.807) is 12.1 Å². The number of hydrogen-bond donors (Lipinski definition) is 4. The molecule has 2 fully saturated rings. The highest BCUT2D eigenvalue weighted by atomic mass is 35.5. The zero-order chi connectivity index (χ0) is 26.4. The highest BCUT2D eigenvalue weighted by Crippen LogP contribution is 2.29. The highest BCUT2D eigenvalue weighted by molar-refractivity contribution is 7.13. The first kappa shape index (κ1) is 25.3. The molecule has 9 nitrogen and oxygen atoms in total. The van der Waals surface area contributed by atoms with Crippen LogP contribution in [0.25, 0.3) is 10.9 Å². The average Bonchev–Trinajstić information content (AvgIpc) is 3.43. The second-order valence-corrected chi connectivity index (χ2v) is 12.3. The van der Waals surface area contributed by atoms with Crippen LogP contribution in [0.1, 0.15) is 63.0 Å². The fraction of sp³-hybridized carbons (Fsp3) is 0.481. The van der Waals surface area contributed by atoms with Crippen molar-refractivity contribution >= 4 is 51.6 Å². The minimum atomic E-state index is -0.391. The molecule has 200 valence electrons. The summed E-state index contributed by atoms with van der Waals surface area (Å²) in [6.45, 7) is 1.72. The van der Waals surface area contributed by atoms with Crippen molar-refractivity contribution in [3.63, 3.8) is 0 Å². The summed E-state index contributed by atoms with van der Waals surface area (Å²) >= 11 is 7.53. The number of nitrogens with one attached hydrogen (secondary N) is 4. The lowest BCUT2D eigenvalue weighted by molar-refractivity contribution is -0.126. The fourth-order valence-corrected chi connectivity index (χ4v) is 6.68. The van der Waals surface area contributed by atoms with E-state index in [-0.39, 0.29) is 35.7 Å². The number of carbonyl (C=O) groups excluding carboxylic acids is 3. The van der Waals surface area contributed by atoms with Crippen LogP contribution in [0.5, 0.6) is 0 Å². The van der Waals surface area contributed by atoms with Gasteiger partial charge in [-0.2, -0.15) is 0 Å². The van der Waals surface area contributed by atoms with Crippen LogP contribution in [0.2, 0.25) is 5.02 Å². The van der Waals surface area contributed by atoms with E-state index in [4.69, 9.17) is 11.6 Å². The van der Waals surface area contributed by atoms with Gasteiger partial charge in [-0.05, 0) is 63.4 Å². The van der Waals surface area contributed by atoms with Gasteiger partial charge in [0.05, 0.1) is 11.7 Å². The van der Waals surface area contributed by atoms with E-state index < -0.39 is 6.04 Å². The van der Waals surface area contributed by atoms with E-state index in [2.05, 4.69) is 37.9 Å². The van der Waals surface area contributed by atoms with E-state index in [0.717, 1.165) is 53.8 Å². The van der Waals surface area contributed by atoms with E-state index in [9.17, 15) is 14.4 Å². The molecule has 3 amide bonds. The van der Waals surface area contributed by atoms with Crippen molar-refractivity contribution in [2.75, 3.05) is 13.6 Å². The molecule has 0 unspecified atom stereocenters. The molecule has 1 aliphatic heterocycles. The molecule has 0 spiro atoms. The number of aromatic amines is 1. The second-order valence-electron chi connectivity index (χ2n) is 10.7. The maximum atomic E-state index is 13.3. The Balaban J connectivity index is 1.19. The SMILES string of the molecule is CN1CCc2nc(C(=O)N[C@@H]3C[C@@H](C(=O)NC4CC4)CC[C@@H]3NC(=O)c3cc4cc(Cl)ccc4[nH]3)sc2C1. The topological polar surface area (TPSA) is 119 Å². The van der Waals surface area contributed by atoms with E-state index >= 15 is 0 Å². The Hall–Kier alpha value is -2.95. The number of carbonyl (C=O) groups is 3. The van der Waals surface area contributed by atoms with Gasteiger partial charge in [0, 0.05) is 58.3 Å². The van der Waals surface area contributed by atoms with Gasteiger partial charge in [0.25, 0.3) is 11.8 Å². The first-order valence-electron chi connectivity index (χ1n) is 13.2. The summed E-state index contributed by atoms with van der Waals surface area (Å²) in [6, 6.07) is 6.77. The van der Waals surface area contributed by atoms with Crippen molar-refractivity contribution in [3.8, 4) is 0 Å². The molecule has 2 saturated carbocycles. The summed E-state index contributed by atoms with van der Waals surface area (Å²) in [6.07, 6.45) is 4.58. The number of benzene rings is 1. The molecule has 3 aliphatic rings. The van der Waals surface area contributed by atoms with Crippen LogP contribution in [-0.4, -0.2) is 64.3 Å². The fourth-order valence-electron chi connectivity index (χ4n) is 5.41. The zero-order valence-electron chi connectivity index (χ0n) is 21.2. The third-order valence-corrected chi connectivity index (χ3v) is 9.04. The van der Waals surface area contributed by atoms with Gasteiger partial charge in [-0.3, -0.25) is 14.4 Å². The molecule has 0 radical (unpaired) electrons. The number of hydrogen-bond acceptors (Lipinski definition) is 6. The molecular weight excluding hydrogens is 524 g/mol. The average molecular weight is 555 g/mol. The predicted molar refractivity (Wildman–Crippen MR) is 146 cm³/mol. The minimum absolute atomic E-state index is 0.0387. The van der Waals surface area contributed by atoms with E-state index in [1.165, 1.54) is 11.3 Å². The molecule has 3 heterocycles. The van der Waals surface area contributed by atoms with Crippen molar-refractivity contribution in [1.82, 2.24) is 30.8 Å². The van der Waals surface area contributed by atoms with Crippen LogP contribution in [0, 0.1) is 5.92 Å². The molecule has 1 aromatic carbocycles. The summed E-state index contributed by atoms with van der Waals surface area (Å²) in [5.74, 6) is -0.672. The Morgan fingerprint density at radius 2 is 1.87 bits per heavy atom. The predicted octanol–water partition coefficient (Wildman–Crippen LogP) is 3.24. The summed E-state index contributed by atoms with van der Waals surface area (Å²) < 4.78 is 0. The van der Waals surface area contributed by atoms with Gasteiger partial charge < -0.3 is 25.8 Å². The van der Waals surface area contributed by atoms with Crippen molar-refractivity contribution in [3.05, 3.63) is 50.6 Å². The summed E-state index contributed by atoms with van der Waals surface area (Å²) in [4.78, 5) is 50.5. The Morgan fingerprint density at radius 3 is 2.68 bits per heavy atom. The Labute approximate surface area is 229 Å². The van der Waals surface area contributed by atoms with Gasteiger partial charge in [-0.1, -0.05) is 11.6 Å². The lowest BCUT2D eigenvalue weighted by atomic mass is 9.81. The van der Waals surface area contributed by atoms with Gasteiger partial charge >= 0.3 is 0 Å². The number of nitrogens with zero attached hydrogens (tertiary/aromatic N) is 2. The van der Waals surface area contributed by atoms with Crippen LogP contribution in [-0.2, 0) is 17.8 Å². The molecule has 2 aromatic heterocycles. The van der Waals surface area contributed by atoms with Gasteiger partial charge in [0.2, 0.25) is 5.91 Å². The number of amides is 3. The summed E-state index contributed by atoms with van der Waals surface area (Å²) in [5, 5.41) is 11.2. The van der Waals surface area contributed by atoms with E-state index in [1.807, 2.05) is 12.1 Å². The van der Waals surface area contributed by atoms with Crippen LogP contribution < -0.4 is 16.0 Å². The maximum absolute atomic E-state index is 13.3. The third kappa shape index (κ3) is 5.43. The number of aromatic nitrogens is 2. The smallest absolute Gasteiger partial charge is 0.280 e. The van der Waals surface area contributed by atoms with Gasteiger partial charge in [-0.25, -0.2) is 4.98 Å². The van der Waals surface area contributed by atoms with Gasteiger partial charge in [0.1, 0.15) is 5.69 Å². The molecule has 6 rings (SSSR count). The third-order valence-electron chi connectivity index (χ3n) is 7.72. The Morgan fingerprint density at radius 1 is 1.05 bits per heavy atom. The number of thiazole rings is 1. The molecule has 0 saturated heterocycles. The lowest BCUT2D eigenvalue weighted by Gasteiger charge is -2.36. The quantitative estimate of drug-likeness (QED) is 0.373. The number of likely N-dealkylation sites (N-methyl/N-ethyl adjacent to an activating group) is 1. The summed E-state index contributed by atoms with van der Waals surface area (Å²) in [5.41, 5.74) is 2.24. The molecule has 2 aliphatic carbocycles. The molecule has 38 heavy (non-hydrogen) atoms. The number of fused-ring (bicyclic) bond motifs is 2. The number of rotatable bonds is 6. The first-order chi connectivity index (χ1) is 18.3. The minimum Gasteiger partial charge on any atom is -0.353 e. The molecule has 0 bridgehead atoms. The number of halogens is 1. The van der Waals surface area contributed by atoms with Crippen LogP contribution >= 0.6 is 22.9 Å². The monoisotopic (exact) mass is 554 g/mol. The second kappa shape index (κ2) is 10.3.